The Morgan fingerprint density at radius 2 is 1.94 bits per heavy atom. The van der Waals surface area contributed by atoms with Crippen molar-refractivity contribution >= 4 is 12.1 Å². The van der Waals surface area contributed by atoms with Crippen LogP contribution in [0.5, 0.6) is 0 Å². The molecule has 0 saturated carbocycles. The van der Waals surface area contributed by atoms with E-state index in [1.807, 2.05) is 6.92 Å². The molecule has 0 aromatic carbocycles. The van der Waals surface area contributed by atoms with Crippen LogP contribution in [0.15, 0.2) is 0 Å². The molecule has 5 nitrogen and oxygen atoms in total. The van der Waals surface area contributed by atoms with Gasteiger partial charge < -0.3 is 14.8 Å². The summed E-state index contributed by atoms with van der Waals surface area (Å²) in [6.07, 6.45) is 1.95. The Hall–Kier alpha value is -1.26. The molecule has 0 bridgehead atoms. The average Bonchev–Trinajstić information content (AvgIpc) is 2.16. The van der Waals surface area contributed by atoms with E-state index in [0.717, 1.165) is 19.3 Å². The predicted octanol–water partition coefficient (Wildman–Crippen LogP) is 1.85. The van der Waals surface area contributed by atoms with E-state index in [9.17, 15) is 9.59 Å². The first-order valence-electron chi connectivity index (χ1n) is 5.63. The van der Waals surface area contributed by atoms with Crippen molar-refractivity contribution in [3.05, 3.63) is 0 Å². The van der Waals surface area contributed by atoms with E-state index < -0.39 is 6.16 Å². The van der Waals surface area contributed by atoms with Gasteiger partial charge in [0.15, 0.2) is 0 Å². The highest BCUT2D eigenvalue weighted by molar-refractivity contribution is 5.73. The summed E-state index contributed by atoms with van der Waals surface area (Å²) < 4.78 is 9.40. The fraction of sp³-hybridized carbons (Fsp3) is 0.818. The second kappa shape index (κ2) is 9.00. The second-order valence-corrected chi connectivity index (χ2v) is 3.63. The van der Waals surface area contributed by atoms with E-state index in [2.05, 4.69) is 10.1 Å². The summed E-state index contributed by atoms with van der Waals surface area (Å²) in [5.74, 6) is -0.0183. The lowest BCUT2D eigenvalue weighted by molar-refractivity contribution is -0.119. The molecule has 16 heavy (non-hydrogen) atoms. The normalized spacial score (nSPS) is 11.7. The second-order valence-electron chi connectivity index (χ2n) is 3.63. The Bertz CT molecular complexity index is 218. The van der Waals surface area contributed by atoms with E-state index in [1.54, 1.807) is 6.92 Å². The first-order valence-corrected chi connectivity index (χ1v) is 5.63. The fourth-order valence-electron chi connectivity index (χ4n) is 1.29. The average molecular weight is 231 g/mol. The molecule has 0 aromatic rings. The lowest BCUT2D eigenvalue weighted by atomic mass is 10.1. The molecule has 0 spiro atoms. The first kappa shape index (κ1) is 14.7. The van der Waals surface area contributed by atoms with Gasteiger partial charge in [-0.25, -0.2) is 4.79 Å². The molecule has 0 rings (SSSR count). The smallest absolute Gasteiger partial charge is 0.435 e. The van der Waals surface area contributed by atoms with Crippen LogP contribution < -0.4 is 5.32 Å². The Kier molecular flexibility index (Phi) is 8.29. The van der Waals surface area contributed by atoms with Crippen LogP contribution in [-0.2, 0) is 14.3 Å². The highest BCUT2D eigenvalue weighted by Gasteiger charge is 2.04. The largest absolute Gasteiger partial charge is 0.508 e. The topological polar surface area (TPSA) is 64.6 Å². The summed E-state index contributed by atoms with van der Waals surface area (Å²) in [5.41, 5.74) is 0. The fourth-order valence-corrected chi connectivity index (χ4v) is 1.29. The van der Waals surface area contributed by atoms with Crippen molar-refractivity contribution in [2.75, 3.05) is 13.2 Å². The van der Waals surface area contributed by atoms with Gasteiger partial charge in [0.05, 0.1) is 13.2 Å². The maximum absolute atomic E-state index is 10.8. The third kappa shape index (κ3) is 9.30. The Balaban J connectivity index is 3.32. The van der Waals surface area contributed by atoms with Crippen molar-refractivity contribution in [3.8, 4) is 0 Å². The molecule has 0 fully saturated rings. The van der Waals surface area contributed by atoms with Gasteiger partial charge in [-0.2, -0.15) is 0 Å². The first-order chi connectivity index (χ1) is 7.56. The van der Waals surface area contributed by atoms with E-state index >= 15 is 0 Å². The summed E-state index contributed by atoms with van der Waals surface area (Å²) in [6.45, 7) is 5.88. The van der Waals surface area contributed by atoms with Gasteiger partial charge in [0.2, 0.25) is 5.91 Å². The minimum absolute atomic E-state index is 0.0183. The highest BCUT2D eigenvalue weighted by atomic mass is 16.7. The van der Waals surface area contributed by atoms with Gasteiger partial charge in [-0.1, -0.05) is 0 Å². The molecule has 0 aromatic heterocycles. The van der Waals surface area contributed by atoms with Gasteiger partial charge in [0, 0.05) is 13.0 Å². The number of rotatable bonds is 7. The van der Waals surface area contributed by atoms with Crippen LogP contribution in [0.25, 0.3) is 0 Å². The lowest BCUT2D eigenvalue weighted by Crippen LogP contribution is -2.30. The number of unbranched alkanes of at least 4 members (excludes halogenated alkanes) is 1. The van der Waals surface area contributed by atoms with Crippen LogP contribution in [-0.4, -0.2) is 31.3 Å². The highest BCUT2D eigenvalue weighted by Crippen LogP contribution is 2.01. The molecular weight excluding hydrogens is 210 g/mol. The van der Waals surface area contributed by atoms with Crippen molar-refractivity contribution in [2.45, 2.75) is 46.1 Å². The van der Waals surface area contributed by atoms with Crippen LogP contribution >= 0.6 is 0 Å². The standard InChI is InChI=1S/C11H21NO4/c1-4-15-11(14)16-8-6-5-7-9(2)12-10(3)13/h9H,4-8H2,1-3H3,(H,12,13). The van der Waals surface area contributed by atoms with Gasteiger partial charge in [0.25, 0.3) is 0 Å². The van der Waals surface area contributed by atoms with Crippen LogP contribution in [0.1, 0.15) is 40.0 Å². The van der Waals surface area contributed by atoms with Crippen LogP contribution in [0.3, 0.4) is 0 Å². The molecular formula is C11H21NO4. The number of amides is 1. The maximum Gasteiger partial charge on any atom is 0.508 e. The zero-order valence-electron chi connectivity index (χ0n) is 10.2. The third-order valence-corrected chi connectivity index (χ3v) is 1.96. The number of hydrogen-bond donors (Lipinski definition) is 1. The van der Waals surface area contributed by atoms with Crippen LogP contribution in [0.4, 0.5) is 4.79 Å². The van der Waals surface area contributed by atoms with E-state index in [0.29, 0.717) is 13.2 Å². The molecule has 0 heterocycles. The minimum atomic E-state index is -0.614. The molecule has 1 amide bonds. The summed E-state index contributed by atoms with van der Waals surface area (Å²) >= 11 is 0. The molecule has 0 aliphatic carbocycles. The predicted molar refractivity (Wildman–Crippen MR) is 60.1 cm³/mol. The summed E-state index contributed by atoms with van der Waals surface area (Å²) in [6, 6.07) is 0.167. The summed E-state index contributed by atoms with van der Waals surface area (Å²) in [5, 5.41) is 2.79. The van der Waals surface area contributed by atoms with E-state index in [1.165, 1.54) is 6.92 Å². The van der Waals surface area contributed by atoms with Crippen LogP contribution in [0, 0.1) is 0 Å². The van der Waals surface area contributed by atoms with Gasteiger partial charge in [0.1, 0.15) is 0 Å². The Morgan fingerprint density at radius 1 is 1.25 bits per heavy atom. The number of hydrogen-bond acceptors (Lipinski definition) is 4. The van der Waals surface area contributed by atoms with Gasteiger partial charge in [-0.05, 0) is 33.1 Å². The third-order valence-electron chi connectivity index (χ3n) is 1.96. The number of ether oxygens (including phenoxy) is 2. The van der Waals surface area contributed by atoms with Crippen LogP contribution in [0.2, 0.25) is 0 Å². The van der Waals surface area contributed by atoms with Crippen molar-refractivity contribution in [2.24, 2.45) is 0 Å². The maximum atomic E-state index is 10.8. The van der Waals surface area contributed by atoms with Gasteiger partial charge in [-0.15, -0.1) is 0 Å². The summed E-state index contributed by atoms with van der Waals surface area (Å²) in [7, 11) is 0. The SMILES string of the molecule is CCOC(=O)OCCCCC(C)NC(C)=O. The molecule has 1 atom stereocenters. The van der Waals surface area contributed by atoms with E-state index in [4.69, 9.17) is 4.74 Å². The van der Waals surface area contributed by atoms with Crippen molar-refractivity contribution in [3.63, 3.8) is 0 Å². The molecule has 0 radical (unpaired) electrons. The lowest BCUT2D eigenvalue weighted by Gasteiger charge is -2.11. The Labute approximate surface area is 96.5 Å². The van der Waals surface area contributed by atoms with Gasteiger partial charge >= 0.3 is 6.16 Å². The van der Waals surface area contributed by atoms with Gasteiger partial charge in [-0.3, -0.25) is 4.79 Å². The molecule has 5 heteroatoms. The monoisotopic (exact) mass is 231 g/mol. The molecule has 1 unspecified atom stereocenters. The molecule has 94 valence electrons. The van der Waals surface area contributed by atoms with E-state index in [-0.39, 0.29) is 11.9 Å². The Morgan fingerprint density at radius 3 is 2.50 bits per heavy atom. The number of carbonyl (C=O) groups excluding carboxylic acids is 2. The quantitative estimate of drug-likeness (QED) is 0.536. The minimum Gasteiger partial charge on any atom is -0.435 e. The van der Waals surface area contributed by atoms with Crippen molar-refractivity contribution < 1.29 is 19.1 Å². The number of carbonyl (C=O) groups is 2. The van der Waals surface area contributed by atoms with Crippen molar-refractivity contribution in [1.82, 2.24) is 5.32 Å². The molecule has 1 N–H and O–H groups in total. The molecule has 0 aliphatic heterocycles. The van der Waals surface area contributed by atoms with Crippen molar-refractivity contribution in [1.29, 1.82) is 0 Å². The zero-order chi connectivity index (χ0) is 12.4. The number of nitrogens with one attached hydrogen (secondary N) is 1. The molecule has 0 saturated heterocycles. The zero-order valence-corrected chi connectivity index (χ0v) is 10.2. The summed E-state index contributed by atoms with van der Waals surface area (Å²) in [4.78, 5) is 21.5. The molecule has 0 aliphatic rings.